The number of fused-ring (bicyclic) bond motifs is 1. The summed E-state index contributed by atoms with van der Waals surface area (Å²) in [5.74, 6) is 0.974. The molecular weight excluding hydrogens is 333 g/mol. The van der Waals surface area contributed by atoms with Crippen LogP contribution in [0.4, 0.5) is 4.39 Å². The van der Waals surface area contributed by atoms with Gasteiger partial charge in [-0.15, -0.1) is 0 Å². The van der Waals surface area contributed by atoms with E-state index in [0.29, 0.717) is 31.0 Å². The zero-order valence-electron chi connectivity index (χ0n) is 13.2. The molecule has 0 aromatic heterocycles. The fraction of sp³-hybridized carbons (Fsp3) is 0.278. The predicted octanol–water partition coefficient (Wildman–Crippen LogP) is 3.45. The van der Waals surface area contributed by atoms with Crippen LogP contribution in [0.15, 0.2) is 36.4 Å². The van der Waals surface area contributed by atoms with Gasteiger partial charge in [0, 0.05) is 17.1 Å². The first-order valence-corrected chi connectivity index (χ1v) is 7.96. The molecule has 0 bridgehead atoms. The number of carbonyl (C=O) groups is 1. The molecule has 1 aliphatic heterocycles. The molecule has 0 N–H and O–H groups in total. The van der Waals surface area contributed by atoms with Crippen molar-refractivity contribution in [2.24, 2.45) is 0 Å². The molecule has 1 heterocycles. The summed E-state index contributed by atoms with van der Waals surface area (Å²) in [5, 5.41) is 0.261. The lowest BCUT2D eigenvalue weighted by Gasteiger charge is -2.20. The van der Waals surface area contributed by atoms with E-state index in [1.54, 1.807) is 18.1 Å². The molecule has 0 aliphatic carbocycles. The molecule has 0 spiro atoms. The Morgan fingerprint density at radius 2 is 2.17 bits per heavy atom. The summed E-state index contributed by atoms with van der Waals surface area (Å²) in [6, 6.07) is 9.61. The van der Waals surface area contributed by atoms with Crippen LogP contribution < -0.4 is 9.47 Å². The van der Waals surface area contributed by atoms with Crippen molar-refractivity contribution in [2.75, 3.05) is 20.3 Å². The highest BCUT2D eigenvalue weighted by atomic mass is 35.5. The van der Waals surface area contributed by atoms with E-state index in [-0.39, 0.29) is 17.4 Å². The monoisotopic (exact) mass is 349 g/mol. The summed E-state index contributed by atoms with van der Waals surface area (Å²) < 4.78 is 24.0. The summed E-state index contributed by atoms with van der Waals surface area (Å²) in [6.45, 7) is 1.33. The zero-order valence-corrected chi connectivity index (χ0v) is 14.0. The SMILES string of the molecule is COc1ccc2c(c1)CN(C(=O)Cc1ccc(F)cc1Cl)CCO2. The molecule has 0 saturated carbocycles. The third-order valence-corrected chi connectivity index (χ3v) is 4.31. The zero-order chi connectivity index (χ0) is 17.1. The minimum absolute atomic E-state index is 0.0808. The molecule has 0 unspecified atom stereocenters. The number of ether oxygens (including phenoxy) is 2. The highest BCUT2D eigenvalue weighted by Crippen LogP contribution is 2.28. The standard InChI is InChI=1S/C18H17ClFNO3/c1-23-15-4-5-17-13(8-15)11-21(6-7-24-17)18(22)9-12-2-3-14(20)10-16(12)19/h2-5,8,10H,6-7,9,11H2,1H3. The molecule has 126 valence electrons. The normalized spacial score (nSPS) is 13.7. The van der Waals surface area contributed by atoms with Crippen LogP contribution in [0.3, 0.4) is 0 Å². The number of rotatable bonds is 3. The lowest BCUT2D eigenvalue weighted by Crippen LogP contribution is -2.33. The topological polar surface area (TPSA) is 38.8 Å². The van der Waals surface area contributed by atoms with Crippen molar-refractivity contribution >= 4 is 17.5 Å². The van der Waals surface area contributed by atoms with E-state index in [0.717, 1.165) is 11.3 Å². The molecule has 24 heavy (non-hydrogen) atoms. The first kappa shape index (κ1) is 16.6. The Balaban J connectivity index is 1.77. The van der Waals surface area contributed by atoms with Gasteiger partial charge in [0.15, 0.2) is 0 Å². The van der Waals surface area contributed by atoms with Crippen LogP contribution in [-0.2, 0) is 17.8 Å². The number of halogens is 2. The van der Waals surface area contributed by atoms with Crippen molar-refractivity contribution in [1.29, 1.82) is 0 Å². The third-order valence-electron chi connectivity index (χ3n) is 3.96. The van der Waals surface area contributed by atoms with Gasteiger partial charge in [-0.2, -0.15) is 0 Å². The summed E-state index contributed by atoms with van der Waals surface area (Å²) in [6.07, 6.45) is 0.123. The van der Waals surface area contributed by atoms with Crippen molar-refractivity contribution in [1.82, 2.24) is 4.90 Å². The van der Waals surface area contributed by atoms with Crippen LogP contribution >= 0.6 is 11.6 Å². The van der Waals surface area contributed by atoms with Crippen molar-refractivity contribution in [2.45, 2.75) is 13.0 Å². The van der Waals surface area contributed by atoms with E-state index in [2.05, 4.69) is 0 Å². The molecule has 6 heteroatoms. The molecule has 3 rings (SSSR count). The van der Waals surface area contributed by atoms with E-state index in [1.807, 2.05) is 18.2 Å². The van der Waals surface area contributed by atoms with Gasteiger partial charge in [-0.1, -0.05) is 17.7 Å². The quantitative estimate of drug-likeness (QED) is 0.852. The molecule has 1 amide bonds. The van der Waals surface area contributed by atoms with Crippen LogP contribution in [-0.4, -0.2) is 31.1 Å². The highest BCUT2D eigenvalue weighted by Gasteiger charge is 2.21. The largest absolute Gasteiger partial charge is 0.497 e. The van der Waals surface area contributed by atoms with Crippen molar-refractivity contribution in [3.05, 3.63) is 58.4 Å². The molecule has 0 saturated heterocycles. The van der Waals surface area contributed by atoms with Gasteiger partial charge in [0.05, 0.1) is 20.1 Å². The molecule has 2 aromatic carbocycles. The molecule has 4 nitrogen and oxygen atoms in total. The van der Waals surface area contributed by atoms with Gasteiger partial charge in [-0.3, -0.25) is 4.79 Å². The summed E-state index contributed by atoms with van der Waals surface area (Å²) in [4.78, 5) is 14.3. The minimum Gasteiger partial charge on any atom is -0.497 e. The summed E-state index contributed by atoms with van der Waals surface area (Å²) in [5.41, 5.74) is 1.50. The Hall–Kier alpha value is -2.27. The third kappa shape index (κ3) is 3.62. The Morgan fingerprint density at radius 3 is 2.92 bits per heavy atom. The second kappa shape index (κ2) is 7.09. The first-order valence-electron chi connectivity index (χ1n) is 7.58. The summed E-state index contributed by atoms with van der Waals surface area (Å²) >= 11 is 6.01. The minimum atomic E-state index is -0.416. The van der Waals surface area contributed by atoms with E-state index in [1.165, 1.54) is 12.1 Å². The van der Waals surface area contributed by atoms with Gasteiger partial charge in [-0.25, -0.2) is 4.39 Å². The van der Waals surface area contributed by atoms with Gasteiger partial charge >= 0.3 is 0 Å². The van der Waals surface area contributed by atoms with E-state index < -0.39 is 5.82 Å². The number of benzene rings is 2. The van der Waals surface area contributed by atoms with Crippen LogP contribution in [0.5, 0.6) is 11.5 Å². The van der Waals surface area contributed by atoms with Gasteiger partial charge in [-0.05, 0) is 35.9 Å². The summed E-state index contributed by atoms with van der Waals surface area (Å²) in [7, 11) is 1.60. The van der Waals surface area contributed by atoms with E-state index in [4.69, 9.17) is 21.1 Å². The first-order chi connectivity index (χ1) is 11.6. The Labute approximate surface area is 144 Å². The number of methoxy groups -OCH3 is 1. The number of carbonyl (C=O) groups excluding carboxylic acids is 1. The van der Waals surface area contributed by atoms with Crippen molar-refractivity contribution < 1.29 is 18.7 Å². The second-order valence-corrected chi connectivity index (χ2v) is 5.96. The highest BCUT2D eigenvalue weighted by molar-refractivity contribution is 6.31. The van der Waals surface area contributed by atoms with E-state index in [9.17, 15) is 9.18 Å². The van der Waals surface area contributed by atoms with Crippen LogP contribution in [0.1, 0.15) is 11.1 Å². The Morgan fingerprint density at radius 1 is 1.33 bits per heavy atom. The van der Waals surface area contributed by atoms with Gasteiger partial charge in [0.25, 0.3) is 0 Å². The van der Waals surface area contributed by atoms with Gasteiger partial charge in [0.1, 0.15) is 23.9 Å². The smallest absolute Gasteiger partial charge is 0.227 e. The van der Waals surface area contributed by atoms with Crippen molar-refractivity contribution in [3.63, 3.8) is 0 Å². The average molecular weight is 350 g/mol. The number of nitrogens with zero attached hydrogens (tertiary/aromatic N) is 1. The predicted molar refractivity (Wildman–Crippen MR) is 89.0 cm³/mol. The number of amides is 1. The fourth-order valence-electron chi connectivity index (χ4n) is 2.65. The maximum Gasteiger partial charge on any atom is 0.227 e. The second-order valence-electron chi connectivity index (χ2n) is 5.55. The maximum absolute atomic E-state index is 13.1. The molecule has 2 aromatic rings. The Kier molecular flexibility index (Phi) is 4.90. The molecule has 0 radical (unpaired) electrons. The van der Waals surface area contributed by atoms with E-state index >= 15 is 0 Å². The molecular formula is C18H17ClFNO3. The molecule has 0 fully saturated rings. The lowest BCUT2D eigenvalue weighted by atomic mass is 10.1. The van der Waals surface area contributed by atoms with Crippen LogP contribution in [0.2, 0.25) is 5.02 Å². The Bertz CT molecular complexity index is 766. The molecule has 0 atom stereocenters. The number of hydrogen-bond donors (Lipinski definition) is 0. The van der Waals surface area contributed by atoms with Crippen molar-refractivity contribution in [3.8, 4) is 11.5 Å². The fourth-order valence-corrected chi connectivity index (χ4v) is 2.88. The lowest BCUT2D eigenvalue weighted by molar-refractivity contribution is -0.131. The van der Waals surface area contributed by atoms with Gasteiger partial charge < -0.3 is 14.4 Å². The van der Waals surface area contributed by atoms with Crippen LogP contribution in [0, 0.1) is 5.82 Å². The average Bonchev–Trinajstić information content (AvgIpc) is 2.78. The molecule has 1 aliphatic rings. The van der Waals surface area contributed by atoms with Crippen LogP contribution in [0.25, 0.3) is 0 Å². The number of hydrogen-bond acceptors (Lipinski definition) is 3. The maximum atomic E-state index is 13.1. The van der Waals surface area contributed by atoms with Gasteiger partial charge in [0.2, 0.25) is 5.91 Å².